The van der Waals surface area contributed by atoms with E-state index < -0.39 is 30.3 Å². The van der Waals surface area contributed by atoms with E-state index in [1.807, 2.05) is 0 Å². The quantitative estimate of drug-likeness (QED) is 0.591. The van der Waals surface area contributed by atoms with Gasteiger partial charge < -0.3 is 9.32 Å². The number of furan rings is 1. The van der Waals surface area contributed by atoms with Gasteiger partial charge in [-0.15, -0.1) is 0 Å². The van der Waals surface area contributed by atoms with Gasteiger partial charge >= 0.3 is 17.8 Å². The third-order valence-corrected chi connectivity index (χ3v) is 4.47. The molecule has 0 atom stereocenters. The highest BCUT2D eigenvalue weighted by Gasteiger charge is 2.48. The molecule has 5 amide bonds. The molecule has 0 radical (unpaired) electrons. The van der Waals surface area contributed by atoms with E-state index in [0.29, 0.717) is 18.6 Å². The molecule has 0 unspecified atom stereocenters. The van der Waals surface area contributed by atoms with Gasteiger partial charge in [0, 0.05) is 13.1 Å². The van der Waals surface area contributed by atoms with Crippen LogP contribution >= 0.6 is 0 Å². The first-order valence-corrected chi connectivity index (χ1v) is 7.94. The summed E-state index contributed by atoms with van der Waals surface area (Å²) >= 11 is 0. The topological polar surface area (TPSA) is 91.1 Å². The second-order valence-electron chi connectivity index (χ2n) is 6.12. The van der Waals surface area contributed by atoms with Crippen LogP contribution in [-0.4, -0.2) is 58.1 Å². The van der Waals surface area contributed by atoms with Gasteiger partial charge in [-0.05, 0) is 25.0 Å². The minimum Gasteiger partial charge on any atom is -0.467 e. The Morgan fingerprint density at radius 3 is 2.58 bits per heavy atom. The molecule has 3 rings (SSSR count). The van der Waals surface area contributed by atoms with E-state index in [9.17, 15) is 19.2 Å². The van der Waals surface area contributed by atoms with Gasteiger partial charge in [0.2, 0.25) is 5.91 Å². The summed E-state index contributed by atoms with van der Waals surface area (Å²) in [5.74, 6) is -1.59. The van der Waals surface area contributed by atoms with Gasteiger partial charge in [-0.2, -0.15) is 0 Å². The first kappa shape index (κ1) is 16.2. The van der Waals surface area contributed by atoms with Crippen LogP contribution in [0.2, 0.25) is 0 Å². The summed E-state index contributed by atoms with van der Waals surface area (Å²) < 4.78 is 5.16. The zero-order chi connectivity index (χ0) is 17.3. The number of hydrogen-bond acceptors (Lipinski definition) is 5. The minimum absolute atomic E-state index is 0.225. The molecule has 1 aromatic heterocycles. The molecule has 128 valence electrons. The van der Waals surface area contributed by atoms with Gasteiger partial charge in [0.25, 0.3) is 0 Å². The van der Waals surface area contributed by atoms with Crippen LogP contribution in [0.4, 0.5) is 4.79 Å². The monoisotopic (exact) mass is 333 g/mol. The lowest BCUT2D eigenvalue weighted by atomic mass is 10.2. The number of amides is 5. The average molecular weight is 333 g/mol. The van der Waals surface area contributed by atoms with Crippen LogP contribution in [0.15, 0.2) is 22.8 Å². The summed E-state index contributed by atoms with van der Waals surface area (Å²) in [6.45, 7) is -0.216. The van der Waals surface area contributed by atoms with Crippen molar-refractivity contribution in [2.75, 3.05) is 13.6 Å². The van der Waals surface area contributed by atoms with E-state index in [-0.39, 0.29) is 12.6 Å². The zero-order valence-electron chi connectivity index (χ0n) is 13.4. The second kappa shape index (κ2) is 6.46. The molecular weight excluding hydrogens is 314 g/mol. The molecule has 1 saturated heterocycles. The van der Waals surface area contributed by atoms with Crippen molar-refractivity contribution in [1.82, 2.24) is 14.7 Å². The lowest BCUT2D eigenvalue weighted by Gasteiger charge is -2.22. The molecule has 1 aromatic rings. The number of imide groups is 2. The van der Waals surface area contributed by atoms with E-state index in [1.165, 1.54) is 11.2 Å². The van der Waals surface area contributed by atoms with Gasteiger partial charge in [0.15, 0.2) is 0 Å². The highest BCUT2D eigenvalue weighted by atomic mass is 16.3. The molecule has 8 heteroatoms. The maximum absolute atomic E-state index is 12.4. The minimum atomic E-state index is -0.924. The molecule has 1 aliphatic heterocycles. The Kier molecular flexibility index (Phi) is 4.37. The Labute approximate surface area is 139 Å². The number of urea groups is 1. The third-order valence-electron chi connectivity index (χ3n) is 4.47. The number of rotatable bonds is 5. The van der Waals surface area contributed by atoms with Crippen molar-refractivity contribution in [3.8, 4) is 0 Å². The highest BCUT2D eigenvalue weighted by molar-refractivity contribution is 6.45. The predicted octanol–water partition coefficient (Wildman–Crippen LogP) is 0.971. The summed E-state index contributed by atoms with van der Waals surface area (Å²) in [6.07, 6.45) is 4.79. The summed E-state index contributed by atoms with van der Waals surface area (Å²) in [4.78, 5) is 52.0. The highest BCUT2D eigenvalue weighted by Crippen LogP contribution is 2.27. The van der Waals surface area contributed by atoms with Gasteiger partial charge in [-0.1, -0.05) is 12.8 Å². The molecule has 0 aromatic carbocycles. The van der Waals surface area contributed by atoms with Crippen LogP contribution in [0.3, 0.4) is 0 Å². The molecule has 0 spiro atoms. The summed E-state index contributed by atoms with van der Waals surface area (Å²) in [5, 5.41) is 0. The van der Waals surface area contributed by atoms with Crippen molar-refractivity contribution in [1.29, 1.82) is 0 Å². The standard InChI is InChI=1S/C16H19N3O5/c1-17(9-12-7-4-8-24-12)13(20)10-18-14(21)15(22)19(16(18)23)11-5-2-3-6-11/h4,7-8,11H,2-3,5-6,9-10H2,1H3. The van der Waals surface area contributed by atoms with Crippen LogP contribution < -0.4 is 0 Å². The zero-order valence-corrected chi connectivity index (χ0v) is 13.4. The molecule has 0 bridgehead atoms. The van der Waals surface area contributed by atoms with Crippen LogP contribution in [0.25, 0.3) is 0 Å². The van der Waals surface area contributed by atoms with Crippen molar-refractivity contribution in [3.63, 3.8) is 0 Å². The maximum atomic E-state index is 12.4. The van der Waals surface area contributed by atoms with Gasteiger partial charge in [0.1, 0.15) is 12.3 Å². The lowest BCUT2D eigenvalue weighted by molar-refractivity contribution is -0.145. The number of carbonyl (C=O) groups is 4. The fraction of sp³-hybridized carbons (Fsp3) is 0.500. The Morgan fingerprint density at radius 1 is 1.25 bits per heavy atom. The normalized spacial score (nSPS) is 18.8. The molecule has 2 aliphatic rings. The summed E-state index contributed by atoms with van der Waals surface area (Å²) in [5.41, 5.74) is 0. The molecule has 2 fully saturated rings. The van der Waals surface area contributed by atoms with Crippen LogP contribution in [-0.2, 0) is 20.9 Å². The summed E-state index contributed by atoms with van der Waals surface area (Å²) in [7, 11) is 1.55. The molecule has 0 N–H and O–H groups in total. The van der Waals surface area contributed by atoms with Crippen LogP contribution in [0, 0.1) is 0 Å². The molecule has 2 heterocycles. The summed E-state index contributed by atoms with van der Waals surface area (Å²) in [6, 6.07) is 2.52. The first-order chi connectivity index (χ1) is 11.5. The van der Waals surface area contributed by atoms with E-state index in [2.05, 4.69) is 0 Å². The second-order valence-corrected chi connectivity index (χ2v) is 6.12. The van der Waals surface area contributed by atoms with Crippen LogP contribution in [0.1, 0.15) is 31.4 Å². The largest absolute Gasteiger partial charge is 0.467 e. The lowest BCUT2D eigenvalue weighted by Crippen LogP contribution is -2.43. The van der Waals surface area contributed by atoms with E-state index >= 15 is 0 Å². The Hall–Kier alpha value is -2.64. The first-order valence-electron chi connectivity index (χ1n) is 7.94. The fourth-order valence-electron chi connectivity index (χ4n) is 3.13. The van der Waals surface area contributed by atoms with Crippen molar-refractivity contribution in [2.45, 2.75) is 38.3 Å². The predicted molar refractivity (Wildman–Crippen MR) is 81.4 cm³/mol. The SMILES string of the molecule is CN(Cc1ccco1)C(=O)CN1C(=O)C(=O)N(C2CCCC2)C1=O. The molecule has 24 heavy (non-hydrogen) atoms. The van der Waals surface area contributed by atoms with E-state index in [0.717, 1.165) is 22.6 Å². The van der Waals surface area contributed by atoms with E-state index in [1.54, 1.807) is 19.2 Å². The number of hydrogen-bond donors (Lipinski definition) is 0. The average Bonchev–Trinajstić information content (AvgIpc) is 3.28. The number of likely N-dealkylation sites (N-methyl/N-ethyl adjacent to an activating group) is 1. The third kappa shape index (κ3) is 2.91. The van der Waals surface area contributed by atoms with Crippen LogP contribution in [0.5, 0.6) is 0 Å². The van der Waals surface area contributed by atoms with Gasteiger partial charge in [-0.25, -0.2) is 9.69 Å². The smallest absolute Gasteiger partial charge is 0.334 e. The number of carbonyl (C=O) groups excluding carboxylic acids is 4. The molecule has 1 aliphatic carbocycles. The van der Waals surface area contributed by atoms with E-state index in [4.69, 9.17) is 4.42 Å². The van der Waals surface area contributed by atoms with Crippen molar-refractivity contribution in [3.05, 3.63) is 24.2 Å². The maximum Gasteiger partial charge on any atom is 0.334 e. The molecule has 8 nitrogen and oxygen atoms in total. The Morgan fingerprint density at radius 2 is 1.96 bits per heavy atom. The number of nitrogens with zero attached hydrogens (tertiary/aromatic N) is 3. The Bertz CT molecular complexity index is 663. The molecular formula is C16H19N3O5. The van der Waals surface area contributed by atoms with Crippen molar-refractivity contribution >= 4 is 23.8 Å². The van der Waals surface area contributed by atoms with Crippen molar-refractivity contribution < 1.29 is 23.6 Å². The van der Waals surface area contributed by atoms with Gasteiger partial charge in [0.05, 0.1) is 12.8 Å². The molecule has 1 saturated carbocycles. The van der Waals surface area contributed by atoms with Crippen molar-refractivity contribution in [2.24, 2.45) is 0 Å². The Balaban J connectivity index is 1.65. The van der Waals surface area contributed by atoms with Gasteiger partial charge in [-0.3, -0.25) is 19.3 Å². The fourth-order valence-corrected chi connectivity index (χ4v) is 3.13.